The maximum atomic E-state index is 12.4. The van der Waals surface area contributed by atoms with Crippen molar-refractivity contribution in [2.45, 2.75) is 0 Å². The minimum atomic E-state index is -0.161. The summed E-state index contributed by atoms with van der Waals surface area (Å²) in [4.78, 5) is 17.0. The number of halogens is 2. The lowest BCUT2D eigenvalue weighted by atomic mass is 10.2. The van der Waals surface area contributed by atoms with Gasteiger partial charge in [-0.2, -0.15) is 0 Å². The van der Waals surface area contributed by atoms with E-state index < -0.39 is 0 Å². The highest BCUT2D eigenvalue weighted by atomic mass is 79.9. The zero-order valence-electron chi connectivity index (χ0n) is 13.4. The van der Waals surface area contributed by atoms with Crippen LogP contribution in [-0.2, 0) is 0 Å². The van der Waals surface area contributed by atoms with E-state index in [4.69, 9.17) is 11.6 Å². The van der Waals surface area contributed by atoms with E-state index in [1.807, 2.05) is 36.4 Å². The van der Waals surface area contributed by atoms with Crippen molar-refractivity contribution in [1.82, 2.24) is 4.90 Å². The fourth-order valence-corrected chi connectivity index (χ4v) is 3.50. The lowest BCUT2D eigenvalue weighted by Crippen LogP contribution is -2.44. The minimum Gasteiger partial charge on any atom is -0.368 e. The number of carbonyl (C=O) groups excluding carboxylic acids is 1. The highest BCUT2D eigenvalue weighted by Gasteiger charge is 2.17. The fraction of sp³-hybridized carbons (Fsp3) is 0.278. The number of hydrogen-bond acceptors (Lipinski definition) is 3. The maximum Gasteiger partial charge on any atom is 0.256 e. The Morgan fingerprint density at radius 2 is 1.83 bits per heavy atom. The van der Waals surface area contributed by atoms with Gasteiger partial charge < -0.3 is 15.1 Å². The Kier molecular flexibility index (Phi) is 5.43. The molecule has 0 unspecified atom stereocenters. The summed E-state index contributed by atoms with van der Waals surface area (Å²) in [6.45, 7) is 3.96. The van der Waals surface area contributed by atoms with Crippen LogP contribution >= 0.6 is 27.5 Å². The Balaban J connectivity index is 1.73. The summed E-state index contributed by atoms with van der Waals surface area (Å²) in [6, 6.07) is 13.0. The van der Waals surface area contributed by atoms with E-state index in [0.717, 1.165) is 36.3 Å². The minimum absolute atomic E-state index is 0.161. The first-order valence-corrected chi connectivity index (χ1v) is 9.00. The molecule has 1 aliphatic heterocycles. The fourth-order valence-electron chi connectivity index (χ4n) is 2.73. The van der Waals surface area contributed by atoms with Gasteiger partial charge in [-0.15, -0.1) is 0 Å². The Bertz CT molecular complexity index is 745. The average molecular weight is 409 g/mol. The molecule has 0 spiro atoms. The molecule has 0 radical (unpaired) electrons. The van der Waals surface area contributed by atoms with Crippen molar-refractivity contribution < 1.29 is 4.79 Å². The van der Waals surface area contributed by atoms with E-state index in [-0.39, 0.29) is 5.91 Å². The molecular weight excluding hydrogens is 390 g/mol. The molecule has 24 heavy (non-hydrogen) atoms. The number of piperazine rings is 1. The van der Waals surface area contributed by atoms with Crippen molar-refractivity contribution in [1.29, 1.82) is 0 Å². The zero-order valence-corrected chi connectivity index (χ0v) is 15.8. The zero-order chi connectivity index (χ0) is 17.1. The Morgan fingerprint density at radius 3 is 2.50 bits per heavy atom. The van der Waals surface area contributed by atoms with Crippen molar-refractivity contribution in [2.24, 2.45) is 0 Å². The largest absolute Gasteiger partial charge is 0.368 e. The molecule has 0 saturated carbocycles. The molecular formula is C18H19BrClN3O. The molecule has 0 bridgehead atoms. The Labute approximate surface area is 155 Å². The van der Waals surface area contributed by atoms with Gasteiger partial charge in [-0.3, -0.25) is 4.79 Å². The number of benzene rings is 2. The Hall–Kier alpha value is -1.56. The molecule has 2 aromatic carbocycles. The van der Waals surface area contributed by atoms with Gasteiger partial charge in [-0.25, -0.2) is 0 Å². The van der Waals surface area contributed by atoms with Crippen LogP contribution in [0.1, 0.15) is 10.4 Å². The molecule has 1 aliphatic rings. The van der Waals surface area contributed by atoms with Crippen LogP contribution in [0.25, 0.3) is 0 Å². The smallest absolute Gasteiger partial charge is 0.256 e. The predicted molar refractivity (Wildman–Crippen MR) is 103 cm³/mol. The number of hydrogen-bond donors (Lipinski definition) is 1. The number of nitrogens with zero attached hydrogens (tertiary/aromatic N) is 2. The summed E-state index contributed by atoms with van der Waals surface area (Å²) in [5.74, 6) is -0.161. The third kappa shape index (κ3) is 3.91. The first kappa shape index (κ1) is 17.3. The predicted octanol–water partition coefficient (Wildman–Crippen LogP) is 4.11. The average Bonchev–Trinajstić information content (AvgIpc) is 2.56. The van der Waals surface area contributed by atoms with Gasteiger partial charge >= 0.3 is 0 Å². The molecule has 0 aliphatic carbocycles. The van der Waals surface area contributed by atoms with E-state index in [1.54, 1.807) is 6.07 Å². The highest BCUT2D eigenvalue weighted by Crippen LogP contribution is 2.30. The van der Waals surface area contributed by atoms with Crippen LogP contribution < -0.4 is 10.2 Å². The monoisotopic (exact) mass is 407 g/mol. The van der Waals surface area contributed by atoms with Gasteiger partial charge in [0.1, 0.15) is 0 Å². The summed E-state index contributed by atoms with van der Waals surface area (Å²) in [7, 11) is 2.12. The summed E-state index contributed by atoms with van der Waals surface area (Å²) >= 11 is 9.84. The van der Waals surface area contributed by atoms with Gasteiger partial charge in [0.15, 0.2) is 0 Å². The normalized spacial score (nSPS) is 15.4. The number of carbonyl (C=O) groups is 1. The number of likely N-dealkylation sites (N-methyl/N-ethyl adjacent to an activating group) is 1. The molecule has 6 heteroatoms. The lowest BCUT2D eigenvalue weighted by Gasteiger charge is -2.34. The maximum absolute atomic E-state index is 12.4. The van der Waals surface area contributed by atoms with E-state index in [9.17, 15) is 4.79 Å². The molecule has 3 rings (SSSR count). The van der Waals surface area contributed by atoms with Gasteiger partial charge in [0.05, 0.1) is 16.3 Å². The van der Waals surface area contributed by atoms with Crippen LogP contribution in [0.2, 0.25) is 5.02 Å². The summed E-state index contributed by atoms with van der Waals surface area (Å²) in [5, 5.41) is 3.55. The van der Waals surface area contributed by atoms with Crippen LogP contribution in [0.15, 0.2) is 46.9 Å². The number of anilines is 2. The van der Waals surface area contributed by atoms with Gasteiger partial charge in [0, 0.05) is 36.3 Å². The molecule has 1 N–H and O–H groups in total. The second-order valence-corrected chi connectivity index (χ2v) is 7.15. The van der Waals surface area contributed by atoms with Crippen molar-refractivity contribution in [3.63, 3.8) is 0 Å². The van der Waals surface area contributed by atoms with E-state index in [2.05, 4.69) is 38.1 Å². The first-order chi connectivity index (χ1) is 11.5. The molecule has 2 aromatic rings. The van der Waals surface area contributed by atoms with Gasteiger partial charge in [-0.05, 0) is 53.3 Å². The van der Waals surface area contributed by atoms with Crippen LogP contribution in [-0.4, -0.2) is 44.0 Å². The number of rotatable bonds is 3. The van der Waals surface area contributed by atoms with Crippen LogP contribution in [0.4, 0.5) is 11.4 Å². The van der Waals surface area contributed by atoms with Crippen LogP contribution in [0.3, 0.4) is 0 Å². The summed E-state index contributed by atoms with van der Waals surface area (Å²) in [6.07, 6.45) is 0. The van der Waals surface area contributed by atoms with E-state index >= 15 is 0 Å². The lowest BCUT2D eigenvalue weighted by molar-refractivity contribution is 0.102. The van der Waals surface area contributed by atoms with Crippen molar-refractivity contribution in [3.8, 4) is 0 Å². The topological polar surface area (TPSA) is 35.6 Å². The second kappa shape index (κ2) is 7.55. The second-order valence-electron chi connectivity index (χ2n) is 5.89. The van der Waals surface area contributed by atoms with E-state index in [1.165, 1.54) is 0 Å². The van der Waals surface area contributed by atoms with Gasteiger partial charge in [0.2, 0.25) is 0 Å². The van der Waals surface area contributed by atoms with E-state index in [0.29, 0.717) is 16.3 Å². The summed E-state index contributed by atoms with van der Waals surface area (Å²) < 4.78 is 0.766. The Morgan fingerprint density at radius 1 is 1.12 bits per heavy atom. The summed E-state index contributed by atoms with van der Waals surface area (Å²) in [5.41, 5.74) is 2.30. The first-order valence-electron chi connectivity index (χ1n) is 7.83. The van der Waals surface area contributed by atoms with Gasteiger partial charge in [0.25, 0.3) is 5.91 Å². The highest BCUT2D eigenvalue weighted by molar-refractivity contribution is 9.10. The molecule has 1 amide bonds. The van der Waals surface area contributed by atoms with Gasteiger partial charge in [-0.1, -0.05) is 23.7 Å². The van der Waals surface area contributed by atoms with Crippen molar-refractivity contribution >= 4 is 44.8 Å². The van der Waals surface area contributed by atoms with Crippen LogP contribution in [0.5, 0.6) is 0 Å². The molecule has 1 saturated heterocycles. The molecule has 0 atom stereocenters. The molecule has 0 aromatic heterocycles. The third-order valence-corrected chi connectivity index (χ3v) is 5.16. The third-order valence-electron chi connectivity index (χ3n) is 4.17. The molecule has 1 fully saturated rings. The number of amides is 1. The standard InChI is InChI=1S/C18H19BrClN3O/c1-22-8-10-23(11-9-22)17-7-6-13(12-16(17)20)21-18(24)14-4-2-3-5-15(14)19/h2-7,12H,8-11H2,1H3,(H,21,24). The SMILES string of the molecule is CN1CCN(c2ccc(NC(=O)c3ccccc3Br)cc2Cl)CC1. The van der Waals surface area contributed by atoms with Crippen LogP contribution in [0, 0.1) is 0 Å². The molecule has 4 nitrogen and oxygen atoms in total. The number of nitrogens with one attached hydrogen (secondary N) is 1. The molecule has 126 valence electrons. The van der Waals surface area contributed by atoms with Crippen molar-refractivity contribution in [3.05, 3.63) is 57.5 Å². The van der Waals surface area contributed by atoms with Crippen molar-refractivity contribution in [2.75, 3.05) is 43.4 Å². The quantitative estimate of drug-likeness (QED) is 0.830. The molecule has 1 heterocycles.